The first kappa shape index (κ1) is 21.5. The number of fused-ring (bicyclic) bond motifs is 1. The number of carbonyl (C=O) groups excluding carboxylic acids is 2. The lowest BCUT2D eigenvalue weighted by atomic mass is 10.0. The summed E-state index contributed by atoms with van der Waals surface area (Å²) in [6, 6.07) is 3.63. The number of amides is 2. The normalized spacial score (nSPS) is 19.6. The molecule has 1 aromatic heterocycles. The number of nitrogens with one attached hydrogen (secondary N) is 1. The molecule has 1 aromatic carbocycles. The van der Waals surface area contributed by atoms with Gasteiger partial charge in [-0.3, -0.25) is 9.59 Å². The van der Waals surface area contributed by atoms with E-state index < -0.39 is 10.0 Å². The number of thiazole rings is 1. The fraction of sp³-hybridized carbons (Fsp3) is 0.500. The lowest BCUT2D eigenvalue weighted by Gasteiger charge is -2.30. The molecule has 0 radical (unpaired) electrons. The summed E-state index contributed by atoms with van der Waals surface area (Å²) in [7, 11) is -3.77. The minimum Gasteiger partial charge on any atom is -0.331 e. The second-order valence-electron chi connectivity index (χ2n) is 8.89. The van der Waals surface area contributed by atoms with Crippen LogP contribution in [-0.4, -0.2) is 53.6 Å². The molecule has 3 aliphatic rings. The molecule has 1 atom stereocenters. The predicted octanol–water partition coefficient (Wildman–Crippen LogP) is 3.23. The number of anilines is 1. The van der Waals surface area contributed by atoms with Gasteiger partial charge in [-0.05, 0) is 62.3 Å². The fourth-order valence-corrected chi connectivity index (χ4v) is 7.24. The maximum Gasteiger partial charge on any atom is 0.256 e. The van der Waals surface area contributed by atoms with Crippen molar-refractivity contribution in [2.45, 2.75) is 57.5 Å². The van der Waals surface area contributed by atoms with Gasteiger partial charge in [-0.15, -0.1) is 0 Å². The number of nitrogens with zero attached hydrogens (tertiary/aromatic N) is 3. The molecule has 2 aromatic rings. The van der Waals surface area contributed by atoms with Crippen molar-refractivity contribution < 1.29 is 18.0 Å². The van der Waals surface area contributed by atoms with Crippen LogP contribution in [0, 0.1) is 12.8 Å². The summed E-state index contributed by atoms with van der Waals surface area (Å²) in [5.74, 6) is 0.0905. The van der Waals surface area contributed by atoms with Crippen molar-refractivity contribution in [3.63, 3.8) is 0 Å². The molecule has 170 valence electrons. The average molecular weight is 475 g/mol. The van der Waals surface area contributed by atoms with E-state index in [1.807, 2.05) is 17.9 Å². The molecule has 0 spiro atoms. The van der Waals surface area contributed by atoms with E-state index in [2.05, 4.69) is 17.2 Å². The van der Waals surface area contributed by atoms with Crippen LogP contribution in [-0.2, 0) is 21.4 Å². The number of benzene rings is 1. The molecule has 5 rings (SSSR count). The van der Waals surface area contributed by atoms with E-state index in [4.69, 9.17) is 0 Å². The highest BCUT2D eigenvalue weighted by Crippen LogP contribution is 2.43. The lowest BCUT2D eigenvalue weighted by molar-refractivity contribution is -0.114. The van der Waals surface area contributed by atoms with E-state index in [1.54, 1.807) is 6.07 Å². The van der Waals surface area contributed by atoms with Gasteiger partial charge in [-0.2, -0.15) is 4.31 Å². The van der Waals surface area contributed by atoms with Gasteiger partial charge in [0.2, 0.25) is 15.9 Å². The molecule has 1 aliphatic carbocycles. The molecular formula is C22H26N4O4S2. The maximum atomic E-state index is 13.4. The third-order valence-corrected chi connectivity index (χ3v) is 9.61. The zero-order valence-corrected chi connectivity index (χ0v) is 20.0. The minimum atomic E-state index is -3.77. The highest BCUT2D eigenvalue weighted by atomic mass is 32.2. The highest BCUT2D eigenvalue weighted by molar-refractivity contribution is 7.89. The Morgan fingerprint density at radius 2 is 2.00 bits per heavy atom. The summed E-state index contributed by atoms with van der Waals surface area (Å²) in [4.78, 5) is 32.0. The molecule has 2 amide bonds. The largest absolute Gasteiger partial charge is 0.331 e. The van der Waals surface area contributed by atoms with Gasteiger partial charge >= 0.3 is 0 Å². The topological polar surface area (TPSA) is 99.7 Å². The van der Waals surface area contributed by atoms with Crippen LogP contribution < -0.4 is 5.32 Å². The molecule has 3 heterocycles. The Balaban J connectivity index is 1.63. The van der Waals surface area contributed by atoms with Crippen molar-refractivity contribution in [3.8, 4) is 10.4 Å². The van der Waals surface area contributed by atoms with Gasteiger partial charge in [0, 0.05) is 32.6 Å². The Morgan fingerprint density at radius 3 is 2.59 bits per heavy atom. The van der Waals surface area contributed by atoms with Crippen LogP contribution in [0.25, 0.3) is 10.4 Å². The summed E-state index contributed by atoms with van der Waals surface area (Å²) >= 11 is 1.31. The molecule has 0 bridgehead atoms. The van der Waals surface area contributed by atoms with Crippen LogP contribution >= 0.6 is 11.3 Å². The summed E-state index contributed by atoms with van der Waals surface area (Å²) in [5.41, 5.74) is 2.48. The van der Waals surface area contributed by atoms with Gasteiger partial charge in [-0.25, -0.2) is 13.4 Å². The summed E-state index contributed by atoms with van der Waals surface area (Å²) in [6.45, 7) is 6.68. The molecular weight excluding hydrogens is 448 g/mol. The van der Waals surface area contributed by atoms with E-state index >= 15 is 0 Å². The molecule has 1 unspecified atom stereocenters. The predicted molar refractivity (Wildman–Crippen MR) is 122 cm³/mol. The standard InChI is InChI=1S/C22H26N4O4S2/c1-12-20(31-22(23-12)24-14(3)27)16-9-17-11-26(13(2)15-5-6-15)21(28)19(17)18(10-16)32(29,30)25-7-4-8-25/h9-10,13,15H,4-8,11H2,1-3H3,(H,23,24,27). The second kappa shape index (κ2) is 7.64. The number of rotatable bonds is 6. The van der Waals surface area contributed by atoms with Gasteiger partial charge in [0.15, 0.2) is 5.13 Å². The smallest absolute Gasteiger partial charge is 0.256 e. The molecule has 2 fully saturated rings. The quantitative estimate of drug-likeness (QED) is 0.693. The summed E-state index contributed by atoms with van der Waals surface area (Å²) < 4.78 is 28.3. The maximum absolute atomic E-state index is 13.4. The van der Waals surface area contributed by atoms with E-state index in [0.717, 1.165) is 29.7 Å². The minimum absolute atomic E-state index is 0.0917. The Morgan fingerprint density at radius 1 is 1.28 bits per heavy atom. The fourth-order valence-electron chi connectivity index (χ4n) is 4.47. The number of aromatic nitrogens is 1. The van der Waals surface area contributed by atoms with Gasteiger partial charge in [0.25, 0.3) is 5.91 Å². The van der Waals surface area contributed by atoms with Crippen molar-refractivity contribution in [3.05, 3.63) is 29.0 Å². The number of aryl methyl sites for hydroxylation is 1. The molecule has 1 saturated heterocycles. The Hall–Kier alpha value is -2.30. The van der Waals surface area contributed by atoms with Crippen molar-refractivity contribution >= 4 is 38.3 Å². The first-order valence-corrected chi connectivity index (χ1v) is 13.2. The lowest BCUT2D eigenvalue weighted by Crippen LogP contribution is -2.42. The van der Waals surface area contributed by atoms with E-state index in [9.17, 15) is 18.0 Å². The molecule has 32 heavy (non-hydrogen) atoms. The monoisotopic (exact) mass is 474 g/mol. The second-order valence-corrected chi connectivity index (χ2v) is 11.8. The molecule has 1 saturated carbocycles. The number of hydrogen-bond acceptors (Lipinski definition) is 6. The van der Waals surface area contributed by atoms with Crippen LogP contribution in [0.5, 0.6) is 0 Å². The number of hydrogen-bond donors (Lipinski definition) is 1. The van der Waals surface area contributed by atoms with Crippen LogP contribution in [0.3, 0.4) is 0 Å². The van der Waals surface area contributed by atoms with Crippen LogP contribution in [0.4, 0.5) is 5.13 Å². The number of sulfonamides is 1. The first-order chi connectivity index (χ1) is 15.2. The Kier molecular flexibility index (Phi) is 5.14. The molecule has 2 aliphatic heterocycles. The van der Waals surface area contributed by atoms with Gasteiger partial charge < -0.3 is 10.2 Å². The zero-order valence-electron chi connectivity index (χ0n) is 18.3. The van der Waals surface area contributed by atoms with Gasteiger partial charge in [0.05, 0.1) is 21.0 Å². The highest BCUT2D eigenvalue weighted by Gasteiger charge is 2.43. The van der Waals surface area contributed by atoms with Crippen LogP contribution in [0.1, 0.15) is 54.7 Å². The Bertz CT molecular complexity index is 1230. The van der Waals surface area contributed by atoms with Gasteiger partial charge in [0.1, 0.15) is 0 Å². The third-order valence-electron chi connectivity index (χ3n) is 6.57. The van der Waals surface area contributed by atoms with E-state index in [1.165, 1.54) is 22.6 Å². The van der Waals surface area contributed by atoms with Crippen molar-refractivity contribution in [1.82, 2.24) is 14.2 Å². The average Bonchev–Trinajstić information content (AvgIpc) is 3.38. The van der Waals surface area contributed by atoms with Crippen molar-refractivity contribution in [2.24, 2.45) is 5.92 Å². The molecule has 10 heteroatoms. The SMILES string of the molecule is CC(=O)Nc1nc(C)c(-c2cc3c(c(S(=O)(=O)N4CCC4)c2)C(=O)N(C(C)C2CC2)C3)s1. The van der Waals surface area contributed by atoms with E-state index in [0.29, 0.717) is 47.5 Å². The van der Waals surface area contributed by atoms with Gasteiger partial charge in [-0.1, -0.05) is 11.3 Å². The van der Waals surface area contributed by atoms with Crippen LogP contribution in [0.15, 0.2) is 17.0 Å². The Labute approximate surface area is 191 Å². The molecule has 8 nitrogen and oxygen atoms in total. The zero-order chi connectivity index (χ0) is 22.8. The first-order valence-electron chi connectivity index (χ1n) is 10.9. The summed E-state index contributed by atoms with van der Waals surface area (Å²) in [5, 5.41) is 3.17. The van der Waals surface area contributed by atoms with Crippen molar-refractivity contribution in [1.29, 1.82) is 0 Å². The number of carbonyl (C=O) groups is 2. The van der Waals surface area contributed by atoms with Crippen LogP contribution in [0.2, 0.25) is 0 Å². The third kappa shape index (κ3) is 3.54. The molecule has 1 N–H and O–H groups in total. The summed E-state index contributed by atoms with van der Waals surface area (Å²) in [6.07, 6.45) is 3.04. The van der Waals surface area contributed by atoms with E-state index in [-0.39, 0.29) is 22.8 Å². The van der Waals surface area contributed by atoms with Crippen molar-refractivity contribution in [2.75, 3.05) is 18.4 Å².